The fourth-order valence-electron chi connectivity index (χ4n) is 4.25. The number of ketones is 1. The van der Waals surface area contributed by atoms with Gasteiger partial charge in [0.1, 0.15) is 19.0 Å². The van der Waals surface area contributed by atoms with Gasteiger partial charge in [0.25, 0.3) is 5.91 Å². The van der Waals surface area contributed by atoms with Gasteiger partial charge < -0.3 is 19.3 Å². The highest BCUT2D eigenvalue weighted by Gasteiger charge is 2.45. The average molecular weight is 479 g/mol. The number of hydrogen-bond donors (Lipinski definition) is 1. The predicted molar refractivity (Wildman–Crippen MR) is 126 cm³/mol. The molecule has 2 aliphatic rings. The summed E-state index contributed by atoms with van der Waals surface area (Å²) >= 11 is 1.24. The summed E-state index contributed by atoms with van der Waals surface area (Å²) < 4.78 is 16.6. The molecule has 9 heteroatoms. The molecule has 1 unspecified atom stereocenters. The number of methoxy groups -OCH3 is 1. The van der Waals surface area contributed by atoms with Crippen LogP contribution in [0.25, 0.3) is 0 Å². The van der Waals surface area contributed by atoms with E-state index in [9.17, 15) is 14.7 Å². The van der Waals surface area contributed by atoms with Crippen LogP contribution < -0.4 is 19.1 Å². The molecule has 0 fully saturated rings. The van der Waals surface area contributed by atoms with Crippen molar-refractivity contribution < 1.29 is 28.9 Å². The second-order valence-electron chi connectivity index (χ2n) is 7.92. The van der Waals surface area contributed by atoms with Gasteiger partial charge in [0.2, 0.25) is 5.78 Å². The van der Waals surface area contributed by atoms with Gasteiger partial charge in [-0.2, -0.15) is 0 Å². The van der Waals surface area contributed by atoms with Crippen molar-refractivity contribution in [2.45, 2.75) is 19.9 Å². The number of nitrogens with zero attached hydrogens (tertiary/aromatic N) is 2. The van der Waals surface area contributed by atoms with E-state index in [0.29, 0.717) is 52.3 Å². The fraction of sp³-hybridized carbons (Fsp3) is 0.240. The number of amides is 1. The van der Waals surface area contributed by atoms with Gasteiger partial charge in [0.15, 0.2) is 17.3 Å². The molecule has 174 valence electrons. The van der Waals surface area contributed by atoms with Crippen molar-refractivity contribution in [2.24, 2.45) is 0 Å². The molecule has 1 amide bonds. The van der Waals surface area contributed by atoms with Crippen LogP contribution in [0.4, 0.5) is 5.69 Å². The Hall–Kier alpha value is -3.85. The molecule has 2 aliphatic heterocycles. The second kappa shape index (κ2) is 8.49. The Morgan fingerprint density at radius 2 is 1.82 bits per heavy atom. The fourth-order valence-corrected chi connectivity index (χ4v) is 5.13. The van der Waals surface area contributed by atoms with E-state index in [1.165, 1.54) is 16.2 Å². The molecular formula is C25H22N2O6S. The van der Waals surface area contributed by atoms with E-state index in [-0.39, 0.29) is 5.57 Å². The van der Waals surface area contributed by atoms with Crippen LogP contribution in [-0.4, -0.2) is 42.1 Å². The Labute approximate surface area is 200 Å². The number of rotatable bonds is 5. The zero-order valence-electron chi connectivity index (χ0n) is 18.8. The van der Waals surface area contributed by atoms with E-state index in [0.717, 1.165) is 5.01 Å². The normalized spacial score (nSPS) is 17.3. The molecule has 2 aromatic carbocycles. The number of Topliss-reactive ketones (excluding diaryl/α,β-unsaturated/α-hetero) is 1. The van der Waals surface area contributed by atoms with Gasteiger partial charge in [-0.1, -0.05) is 12.1 Å². The van der Waals surface area contributed by atoms with E-state index in [1.807, 2.05) is 6.92 Å². The summed E-state index contributed by atoms with van der Waals surface area (Å²) in [5.74, 6) is 0.0415. The largest absolute Gasteiger partial charge is 0.503 e. The third kappa shape index (κ3) is 3.58. The molecule has 1 N–H and O–H groups in total. The highest BCUT2D eigenvalue weighted by atomic mass is 32.1. The molecule has 0 bridgehead atoms. The number of benzene rings is 2. The third-order valence-corrected chi connectivity index (χ3v) is 6.87. The minimum atomic E-state index is -0.852. The number of aliphatic hydroxyl groups is 1. The Morgan fingerprint density at radius 1 is 1.12 bits per heavy atom. The lowest BCUT2D eigenvalue weighted by molar-refractivity contribution is -0.117. The van der Waals surface area contributed by atoms with Crippen LogP contribution >= 0.6 is 11.3 Å². The molecule has 5 rings (SSSR count). The highest BCUT2D eigenvalue weighted by Crippen LogP contribution is 2.45. The zero-order valence-corrected chi connectivity index (χ0v) is 19.6. The molecule has 3 heterocycles. The Kier molecular flexibility index (Phi) is 5.49. The first-order chi connectivity index (χ1) is 16.4. The summed E-state index contributed by atoms with van der Waals surface area (Å²) in [4.78, 5) is 33.2. The maximum Gasteiger partial charge on any atom is 0.294 e. The highest BCUT2D eigenvalue weighted by molar-refractivity contribution is 7.14. The summed E-state index contributed by atoms with van der Waals surface area (Å²) in [5, 5.41) is 11.7. The first-order valence-electron chi connectivity index (χ1n) is 10.7. The minimum absolute atomic E-state index is 0.0109. The van der Waals surface area contributed by atoms with E-state index >= 15 is 0 Å². The quantitative estimate of drug-likeness (QED) is 0.545. The van der Waals surface area contributed by atoms with Gasteiger partial charge in [0, 0.05) is 11.8 Å². The van der Waals surface area contributed by atoms with Gasteiger partial charge in [-0.3, -0.25) is 14.5 Å². The standard InChI is InChI=1S/C25H22N2O6S/c1-13-24(34-14(2)26-13)22(28)20-21(15-4-7-17(31-3)8-5-15)27(25(30)23(20)29)16-6-9-18-19(12-16)33-11-10-32-18/h4-9,12,21,29H,10-11H2,1-3H3. The third-order valence-electron chi connectivity index (χ3n) is 5.80. The molecule has 3 aromatic rings. The monoisotopic (exact) mass is 478 g/mol. The van der Waals surface area contributed by atoms with Crippen LogP contribution in [0.5, 0.6) is 17.2 Å². The number of fused-ring (bicyclic) bond motifs is 1. The van der Waals surface area contributed by atoms with E-state index in [2.05, 4.69) is 4.98 Å². The molecule has 8 nitrogen and oxygen atoms in total. The molecule has 0 saturated carbocycles. The smallest absolute Gasteiger partial charge is 0.294 e. The van der Waals surface area contributed by atoms with Gasteiger partial charge in [-0.05, 0) is 43.7 Å². The van der Waals surface area contributed by atoms with Crippen LogP contribution in [0.2, 0.25) is 0 Å². The number of thiazole rings is 1. The van der Waals surface area contributed by atoms with Crippen LogP contribution in [0.3, 0.4) is 0 Å². The van der Waals surface area contributed by atoms with Crippen LogP contribution in [0.15, 0.2) is 53.8 Å². The summed E-state index contributed by atoms with van der Waals surface area (Å²) in [6.07, 6.45) is 0. The van der Waals surface area contributed by atoms with Crippen LogP contribution in [0.1, 0.15) is 32.0 Å². The van der Waals surface area contributed by atoms with Crippen molar-refractivity contribution in [1.29, 1.82) is 0 Å². The molecule has 0 saturated heterocycles. The van der Waals surface area contributed by atoms with Gasteiger partial charge in [-0.25, -0.2) is 4.98 Å². The minimum Gasteiger partial charge on any atom is -0.503 e. The second-order valence-corrected chi connectivity index (χ2v) is 9.12. The number of ether oxygens (including phenoxy) is 3. The predicted octanol–water partition coefficient (Wildman–Crippen LogP) is 4.32. The van der Waals surface area contributed by atoms with Crippen molar-refractivity contribution in [3.05, 3.63) is 74.9 Å². The van der Waals surface area contributed by atoms with Crippen molar-refractivity contribution >= 4 is 28.7 Å². The average Bonchev–Trinajstić information content (AvgIpc) is 3.33. The molecular weight excluding hydrogens is 456 g/mol. The molecule has 0 spiro atoms. The van der Waals surface area contributed by atoms with Crippen molar-refractivity contribution in [2.75, 3.05) is 25.2 Å². The topological polar surface area (TPSA) is 98.2 Å². The molecule has 1 atom stereocenters. The van der Waals surface area contributed by atoms with Crippen molar-refractivity contribution in [1.82, 2.24) is 4.98 Å². The lowest BCUT2D eigenvalue weighted by atomic mass is 9.94. The number of carbonyl (C=O) groups is 2. The van der Waals surface area contributed by atoms with Gasteiger partial charge in [0.05, 0.1) is 34.3 Å². The lowest BCUT2D eigenvalue weighted by Gasteiger charge is -2.28. The van der Waals surface area contributed by atoms with E-state index < -0.39 is 23.5 Å². The number of aryl methyl sites for hydroxylation is 2. The number of aromatic nitrogens is 1. The van der Waals surface area contributed by atoms with Gasteiger partial charge >= 0.3 is 0 Å². The Balaban J connectivity index is 1.65. The van der Waals surface area contributed by atoms with Crippen LogP contribution in [0, 0.1) is 13.8 Å². The summed E-state index contributed by atoms with van der Waals surface area (Å²) in [6, 6.07) is 11.3. The lowest BCUT2D eigenvalue weighted by Crippen LogP contribution is -2.31. The van der Waals surface area contributed by atoms with Gasteiger partial charge in [-0.15, -0.1) is 11.3 Å². The first kappa shape index (κ1) is 22.0. The number of anilines is 1. The summed E-state index contributed by atoms with van der Waals surface area (Å²) in [6.45, 7) is 4.39. The number of aliphatic hydroxyl groups excluding tert-OH is 1. The summed E-state index contributed by atoms with van der Waals surface area (Å²) in [7, 11) is 1.56. The zero-order chi connectivity index (χ0) is 24.0. The maximum atomic E-state index is 13.7. The molecule has 0 aliphatic carbocycles. The molecule has 0 radical (unpaired) electrons. The van der Waals surface area contributed by atoms with Crippen molar-refractivity contribution in [3.63, 3.8) is 0 Å². The molecule has 34 heavy (non-hydrogen) atoms. The number of hydrogen-bond acceptors (Lipinski definition) is 8. The van der Waals surface area contributed by atoms with Crippen LogP contribution in [-0.2, 0) is 4.79 Å². The Bertz CT molecular complexity index is 1330. The maximum absolute atomic E-state index is 13.7. The van der Waals surface area contributed by atoms with Crippen molar-refractivity contribution in [3.8, 4) is 17.2 Å². The SMILES string of the molecule is COc1ccc(C2C(C(=O)c3sc(C)nc3C)=C(O)C(=O)N2c2ccc3c(c2)OCCO3)cc1. The number of carbonyl (C=O) groups excluding carboxylic acids is 2. The molecule has 1 aromatic heterocycles. The first-order valence-corrected chi connectivity index (χ1v) is 11.5. The van der Waals surface area contributed by atoms with E-state index in [1.54, 1.807) is 56.5 Å². The summed E-state index contributed by atoms with van der Waals surface area (Å²) in [5.41, 5.74) is 1.69. The Morgan fingerprint density at radius 3 is 2.47 bits per heavy atom. The van der Waals surface area contributed by atoms with E-state index in [4.69, 9.17) is 14.2 Å².